The minimum atomic E-state index is -4.48. The monoisotopic (exact) mass is 416 g/mol. The predicted octanol–water partition coefficient (Wildman–Crippen LogP) is 2.95. The lowest BCUT2D eigenvalue weighted by Crippen LogP contribution is -2.49. The number of carbonyl (C=O) groups excluding carboxylic acids is 1. The molecule has 0 radical (unpaired) electrons. The zero-order valence-corrected chi connectivity index (χ0v) is 16.2. The van der Waals surface area contributed by atoms with Crippen LogP contribution in [0.3, 0.4) is 0 Å². The summed E-state index contributed by atoms with van der Waals surface area (Å²) in [5.41, 5.74) is -0.784. The highest BCUT2D eigenvalue weighted by atomic mass is 19.4. The number of benzene rings is 1. The van der Waals surface area contributed by atoms with E-state index in [4.69, 9.17) is 0 Å². The van der Waals surface area contributed by atoms with Crippen molar-refractivity contribution in [3.63, 3.8) is 0 Å². The van der Waals surface area contributed by atoms with Crippen molar-refractivity contribution in [1.82, 2.24) is 24.4 Å². The van der Waals surface area contributed by atoms with Crippen LogP contribution in [0.25, 0.3) is 5.82 Å². The quantitative estimate of drug-likeness (QED) is 0.657. The lowest BCUT2D eigenvalue weighted by molar-refractivity contribution is -0.137. The van der Waals surface area contributed by atoms with Crippen molar-refractivity contribution in [2.24, 2.45) is 0 Å². The van der Waals surface area contributed by atoms with Gasteiger partial charge in [0.2, 0.25) is 0 Å². The summed E-state index contributed by atoms with van der Waals surface area (Å²) in [6.45, 7) is 3.69. The maximum absolute atomic E-state index is 12.9. The third-order valence-electron chi connectivity index (χ3n) is 5.04. The van der Waals surface area contributed by atoms with Crippen molar-refractivity contribution in [2.45, 2.75) is 13.1 Å². The highest BCUT2D eigenvalue weighted by Gasteiger charge is 2.31. The Morgan fingerprint density at radius 2 is 1.73 bits per heavy atom. The highest BCUT2D eigenvalue weighted by molar-refractivity contribution is 5.94. The molecule has 0 saturated carbocycles. The first-order valence-electron chi connectivity index (χ1n) is 9.37. The van der Waals surface area contributed by atoms with Crippen molar-refractivity contribution >= 4 is 11.7 Å². The predicted molar refractivity (Wildman–Crippen MR) is 103 cm³/mol. The molecular weight excluding hydrogens is 397 g/mol. The molecule has 1 amide bonds. The van der Waals surface area contributed by atoms with E-state index >= 15 is 0 Å². The molecule has 0 bridgehead atoms. The smallest absolute Gasteiger partial charge is 0.353 e. The van der Waals surface area contributed by atoms with E-state index in [9.17, 15) is 18.0 Å². The Morgan fingerprint density at radius 3 is 2.40 bits per heavy atom. The molecule has 0 atom stereocenters. The van der Waals surface area contributed by atoms with Gasteiger partial charge in [-0.2, -0.15) is 13.2 Å². The fourth-order valence-electron chi connectivity index (χ4n) is 3.41. The molecule has 156 valence electrons. The van der Waals surface area contributed by atoms with E-state index in [1.54, 1.807) is 11.1 Å². The fourth-order valence-corrected chi connectivity index (χ4v) is 3.41. The second kappa shape index (κ2) is 7.77. The number of piperazine rings is 1. The number of anilines is 1. The molecule has 4 rings (SSSR count). The van der Waals surface area contributed by atoms with Crippen LogP contribution < -0.4 is 4.90 Å². The van der Waals surface area contributed by atoms with Crippen molar-refractivity contribution in [3.8, 4) is 5.82 Å². The van der Waals surface area contributed by atoms with Crippen LogP contribution >= 0.6 is 0 Å². The van der Waals surface area contributed by atoms with E-state index in [1.165, 1.54) is 18.5 Å². The minimum absolute atomic E-state index is 0.0400. The summed E-state index contributed by atoms with van der Waals surface area (Å²) in [7, 11) is 0. The van der Waals surface area contributed by atoms with Gasteiger partial charge in [-0.25, -0.2) is 15.0 Å². The zero-order valence-electron chi connectivity index (χ0n) is 16.2. The molecule has 7 nitrogen and oxygen atoms in total. The number of nitrogens with zero attached hydrogens (tertiary/aromatic N) is 6. The number of halogens is 3. The molecule has 2 aromatic heterocycles. The molecule has 0 spiro atoms. The Balaban J connectivity index is 1.45. The van der Waals surface area contributed by atoms with E-state index in [0.717, 1.165) is 23.8 Å². The second-order valence-electron chi connectivity index (χ2n) is 6.94. The maximum Gasteiger partial charge on any atom is 0.416 e. The number of amides is 1. The van der Waals surface area contributed by atoms with Gasteiger partial charge in [-0.05, 0) is 25.1 Å². The molecule has 1 saturated heterocycles. The van der Waals surface area contributed by atoms with Gasteiger partial charge in [0.25, 0.3) is 5.91 Å². The first-order valence-corrected chi connectivity index (χ1v) is 9.37. The molecule has 30 heavy (non-hydrogen) atoms. The first kappa shape index (κ1) is 19.9. The topological polar surface area (TPSA) is 67.2 Å². The number of hydrogen-bond acceptors (Lipinski definition) is 5. The van der Waals surface area contributed by atoms with Crippen LogP contribution in [0.5, 0.6) is 0 Å². The number of aromatic nitrogens is 4. The van der Waals surface area contributed by atoms with Gasteiger partial charge < -0.3 is 9.80 Å². The summed E-state index contributed by atoms with van der Waals surface area (Å²) < 4.78 is 40.6. The Hall–Kier alpha value is -3.43. The summed E-state index contributed by atoms with van der Waals surface area (Å²) in [6, 6.07) is 6.38. The molecule has 1 aliphatic heterocycles. The molecule has 3 heterocycles. The number of aryl methyl sites for hydroxylation is 1. The third-order valence-corrected chi connectivity index (χ3v) is 5.04. The van der Waals surface area contributed by atoms with Crippen molar-refractivity contribution in [2.75, 3.05) is 31.1 Å². The van der Waals surface area contributed by atoms with Crippen LogP contribution in [-0.4, -0.2) is 56.5 Å². The van der Waals surface area contributed by atoms with Gasteiger partial charge in [0, 0.05) is 50.2 Å². The number of imidazole rings is 1. The second-order valence-corrected chi connectivity index (χ2v) is 6.94. The molecule has 0 unspecified atom stereocenters. The Labute approximate surface area is 170 Å². The van der Waals surface area contributed by atoms with Crippen molar-refractivity contribution in [1.29, 1.82) is 0 Å². The molecule has 0 N–H and O–H groups in total. The van der Waals surface area contributed by atoms with E-state index in [2.05, 4.69) is 15.0 Å². The van der Waals surface area contributed by atoms with Gasteiger partial charge in [0.05, 0.1) is 5.56 Å². The van der Waals surface area contributed by atoms with Gasteiger partial charge in [-0.15, -0.1) is 0 Å². The average Bonchev–Trinajstić information content (AvgIpc) is 3.19. The molecule has 1 aliphatic rings. The van der Waals surface area contributed by atoms with E-state index in [1.807, 2.05) is 28.7 Å². The van der Waals surface area contributed by atoms with E-state index in [0.29, 0.717) is 32.0 Å². The SMILES string of the molecule is Cc1nccn1-c1cc(N2CCN(C(=O)c3cccc(C(F)(F)F)c3)CC2)ncn1. The molecule has 1 aromatic carbocycles. The molecule has 3 aromatic rings. The van der Waals surface area contributed by atoms with Gasteiger partial charge in [0.15, 0.2) is 0 Å². The minimum Gasteiger partial charge on any atom is -0.353 e. The standard InChI is InChI=1S/C20H19F3N6O/c1-14-24-5-6-29(14)18-12-17(25-13-26-18)27-7-9-28(10-8-27)19(30)15-3-2-4-16(11-15)20(21,22)23/h2-6,11-13H,7-10H2,1H3. The average molecular weight is 416 g/mol. The van der Waals surface area contributed by atoms with Gasteiger partial charge in [0.1, 0.15) is 23.8 Å². The molecular formula is C20H19F3N6O. The van der Waals surface area contributed by atoms with Crippen LogP contribution in [0, 0.1) is 6.92 Å². The largest absolute Gasteiger partial charge is 0.416 e. The number of rotatable bonds is 3. The van der Waals surface area contributed by atoms with Crippen LogP contribution in [-0.2, 0) is 6.18 Å². The molecule has 1 fully saturated rings. The number of carbonyl (C=O) groups is 1. The Morgan fingerprint density at radius 1 is 1.00 bits per heavy atom. The van der Waals surface area contributed by atoms with Crippen LogP contribution in [0.2, 0.25) is 0 Å². The molecule has 10 heteroatoms. The lowest BCUT2D eigenvalue weighted by Gasteiger charge is -2.35. The van der Waals surface area contributed by atoms with Gasteiger partial charge in [-0.1, -0.05) is 6.07 Å². The maximum atomic E-state index is 12.9. The van der Waals surface area contributed by atoms with Crippen LogP contribution in [0.15, 0.2) is 49.1 Å². The third kappa shape index (κ3) is 3.98. The Bertz CT molecular complexity index is 1060. The number of hydrogen-bond donors (Lipinski definition) is 0. The van der Waals surface area contributed by atoms with Crippen LogP contribution in [0.1, 0.15) is 21.7 Å². The van der Waals surface area contributed by atoms with Crippen molar-refractivity contribution < 1.29 is 18.0 Å². The zero-order chi connectivity index (χ0) is 21.3. The first-order chi connectivity index (χ1) is 14.3. The van der Waals surface area contributed by atoms with Crippen LogP contribution in [0.4, 0.5) is 19.0 Å². The highest BCUT2D eigenvalue weighted by Crippen LogP contribution is 2.30. The van der Waals surface area contributed by atoms with E-state index < -0.39 is 17.6 Å². The van der Waals surface area contributed by atoms with Gasteiger partial charge in [-0.3, -0.25) is 9.36 Å². The summed E-state index contributed by atoms with van der Waals surface area (Å²) >= 11 is 0. The Kier molecular flexibility index (Phi) is 5.15. The number of alkyl halides is 3. The van der Waals surface area contributed by atoms with Gasteiger partial charge >= 0.3 is 6.18 Å². The molecule has 0 aliphatic carbocycles. The summed E-state index contributed by atoms with van der Waals surface area (Å²) in [4.78, 5) is 29.0. The fraction of sp³-hybridized carbons (Fsp3) is 0.300. The lowest BCUT2D eigenvalue weighted by atomic mass is 10.1. The normalized spacial score (nSPS) is 14.8. The summed E-state index contributed by atoms with van der Waals surface area (Å²) in [5, 5.41) is 0. The summed E-state index contributed by atoms with van der Waals surface area (Å²) in [5.74, 6) is 1.81. The summed E-state index contributed by atoms with van der Waals surface area (Å²) in [6.07, 6.45) is 0.500. The van der Waals surface area contributed by atoms with E-state index in [-0.39, 0.29) is 5.56 Å². The van der Waals surface area contributed by atoms with Crippen molar-refractivity contribution in [3.05, 3.63) is 66.0 Å².